The zero-order valence-corrected chi connectivity index (χ0v) is 13.6. The fourth-order valence-electron chi connectivity index (χ4n) is 1.77. The van der Waals surface area contributed by atoms with Gasteiger partial charge in [0.05, 0.1) is 4.47 Å². The van der Waals surface area contributed by atoms with Gasteiger partial charge in [-0.15, -0.1) is 0 Å². The van der Waals surface area contributed by atoms with Gasteiger partial charge in [-0.25, -0.2) is 4.39 Å². The average Bonchev–Trinajstić information content (AvgIpc) is 2.41. The molecule has 2 aromatic rings. The highest BCUT2D eigenvalue weighted by molar-refractivity contribution is 9.10. The number of hydrogen-bond acceptors (Lipinski definition) is 1. The molecule has 0 amide bonds. The SMILES string of the molecule is CC(NCc1ccc(Br)cc1)c1ccc(F)c(Br)c1. The van der Waals surface area contributed by atoms with Gasteiger partial charge in [-0.3, -0.25) is 0 Å². The fourth-order valence-corrected chi connectivity index (χ4v) is 2.43. The van der Waals surface area contributed by atoms with Crippen molar-refractivity contribution in [1.29, 1.82) is 0 Å². The van der Waals surface area contributed by atoms with Gasteiger partial charge < -0.3 is 5.32 Å². The molecule has 2 aromatic carbocycles. The Bertz CT molecular complexity index is 555. The highest BCUT2D eigenvalue weighted by Gasteiger charge is 2.07. The number of rotatable bonds is 4. The van der Waals surface area contributed by atoms with E-state index in [0.717, 1.165) is 16.6 Å². The van der Waals surface area contributed by atoms with Crippen LogP contribution in [0.15, 0.2) is 51.4 Å². The van der Waals surface area contributed by atoms with Gasteiger partial charge in [0.1, 0.15) is 5.82 Å². The monoisotopic (exact) mass is 385 g/mol. The molecule has 100 valence electrons. The van der Waals surface area contributed by atoms with Gasteiger partial charge >= 0.3 is 0 Å². The van der Waals surface area contributed by atoms with E-state index < -0.39 is 0 Å². The van der Waals surface area contributed by atoms with E-state index in [1.807, 2.05) is 18.2 Å². The largest absolute Gasteiger partial charge is 0.306 e. The van der Waals surface area contributed by atoms with Crippen molar-refractivity contribution in [1.82, 2.24) is 5.32 Å². The van der Waals surface area contributed by atoms with E-state index >= 15 is 0 Å². The molecule has 0 fully saturated rings. The summed E-state index contributed by atoms with van der Waals surface area (Å²) in [5, 5.41) is 3.42. The Kier molecular flexibility index (Phi) is 5.13. The molecule has 0 aliphatic heterocycles. The maximum absolute atomic E-state index is 13.2. The van der Waals surface area contributed by atoms with Gasteiger partial charge in [0.15, 0.2) is 0 Å². The van der Waals surface area contributed by atoms with Gasteiger partial charge in [-0.2, -0.15) is 0 Å². The summed E-state index contributed by atoms with van der Waals surface area (Å²) in [5.74, 6) is -0.233. The summed E-state index contributed by atoms with van der Waals surface area (Å²) in [4.78, 5) is 0. The van der Waals surface area contributed by atoms with Crippen LogP contribution in [-0.2, 0) is 6.54 Å². The molecule has 0 aliphatic carbocycles. The van der Waals surface area contributed by atoms with Crippen LogP contribution in [0.5, 0.6) is 0 Å². The van der Waals surface area contributed by atoms with Crippen molar-refractivity contribution in [2.24, 2.45) is 0 Å². The number of nitrogens with one attached hydrogen (secondary N) is 1. The van der Waals surface area contributed by atoms with Crippen LogP contribution >= 0.6 is 31.9 Å². The Morgan fingerprint density at radius 3 is 2.42 bits per heavy atom. The molecule has 0 bridgehead atoms. The lowest BCUT2D eigenvalue weighted by atomic mass is 10.1. The fraction of sp³-hybridized carbons (Fsp3) is 0.200. The van der Waals surface area contributed by atoms with E-state index in [0.29, 0.717) is 4.47 Å². The zero-order chi connectivity index (χ0) is 13.8. The molecule has 1 nitrogen and oxygen atoms in total. The Morgan fingerprint density at radius 1 is 1.11 bits per heavy atom. The second-order valence-corrected chi connectivity index (χ2v) is 6.17. The molecule has 0 aliphatic rings. The summed E-state index contributed by atoms with van der Waals surface area (Å²) in [7, 11) is 0. The quantitative estimate of drug-likeness (QED) is 0.761. The average molecular weight is 387 g/mol. The summed E-state index contributed by atoms with van der Waals surface area (Å²) < 4.78 is 14.8. The second-order valence-electron chi connectivity index (χ2n) is 4.40. The maximum atomic E-state index is 13.2. The van der Waals surface area contributed by atoms with Crippen molar-refractivity contribution in [3.8, 4) is 0 Å². The smallest absolute Gasteiger partial charge is 0.137 e. The molecule has 1 N–H and O–H groups in total. The first-order valence-electron chi connectivity index (χ1n) is 5.99. The van der Waals surface area contributed by atoms with Crippen LogP contribution in [0.3, 0.4) is 0 Å². The molecule has 1 atom stereocenters. The van der Waals surface area contributed by atoms with Gasteiger partial charge in [0, 0.05) is 17.1 Å². The van der Waals surface area contributed by atoms with Gasteiger partial charge in [-0.05, 0) is 58.2 Å². The van der Waals surface area contributed by atoms with Crippen molar-refractivity contribution in [3.63, 3.8) is 0 Å². The lowest BCUT2D eigenvalue weighted by Gasteiger charge is -2.15. The van der Waals surface area contributed by atoms with Crippen LogP contribution < -0.4 is 5.32 Å². The molecule has 19 heavy (non-hydrogen) atoms. The van der Waals surface area contributed by atoms with Crippen molar-refractivity contribution in [2.45, 2.75) is 19.5 Å². The van der Waals surface area contributed by atoms with Crippen LogP contribution in [0.4, 0.5) is 4.39 Å². The Morgan fingerprint density at radius 2 is 1.79 bits per heavy atom. The van der Waals surface area contributed by atoms with E-state index in [9.17, 15) is 4.39 Å². The standard InChI is InChI=1S/C15H14Br2FN/c1-10(12-4-7-15(18)14(17)8-12)19-9-11-2-5-13(16)6-3-11/h2-8,10,19H,9H2,1H3. The van der Waals surface area contributed by atoms with Crippen LogP contribution in [0.25, 0.3) is 0 Å². The second kappa shape index (κ2) is 6.64. The molecule has 0 saturated carbocycles. The third-order valence-electron chi connectivity index (χ3n) is 2.97. The summed E-state index contributed by atoms with van der Waals surface area (Å²) in [6, 6.07) is 13.5. The van der Waals surface area contributed by atoms with Crippen molar-refractivity contribution in [3.05, 3.63) is 68.4 Å². The highest BCUT2D eigenvalue weighted by atomic mass is 79.9. The maximum Gasteiger partial charge on any atom is 0.137 e. The third-order valence-corrected chi connectivity index (χ3v) is 4.11. The van der Waals surface area contributed by atoms with Gasteiger partial charge in [0.2, 0.25) is 0 Å². The zero-order valence-electron chi connectivity index (χ0n) is 10.5. The minimum Gasteiger partial charge on any atom is -0.306 e. The molecule has 0 radical (unpaired) electrons. The van der Waals surface area contributed by atoms with E-state index in [4.69, 9.17) is 0 Å². The molecule has 0 aromatic heterocycles. The van der Waals surface area contributed by atoms with Crippen molar-refractivity contribution >= 4 is 31.9 Å². The minimum atomic E-state index is -0.233. The first kappa shape index (κ1) is 14.7. The van der Waals surface area contributed by atoms with Crippen molar-refractivity contribution < 1.29 is 4.39 Å². The van der Waals surface area contributed by atoms with Gasteiger partial charge in [0.25, 0.3) is 0 Å². The Hall–Kier alpha value is -0.710. The van der Waals surface area contributed by atoms with Crippen molar-refractivity contribution in [2.75, 3.05) is 0 Å². The van der Waals surface area contributed by atoms with E-state index in [-0.39, 0.29) is 11.9 Å². The molecule has 4 heteroatoms. The molecule has 0 heterocycles. The number of halogens is 3. The first-order chi connectivity index (χ1) is 9.06. The lowest BCUT2D eigenvalue weighted by molar-refractivity contribution is 0.570. The molecule has 2 rings (SSSR count). The van der Waals surface area contributed by atoms with E-state index in [1.165, 1.54) is 11.6 Å². The topological polar surface area (TPSA) is 12.0 Å². The summed E-state index contributed by atoms with van der Waals surface area (Å²) in [5.41, 5.74) is 2.28. The summed E-state index contributed by atoms with van der Waals surface area (Å²) >= 11 is 6.63. The molecule has 0 saturated heterocycles. The summed E-state index contributed by atoms with van der Waals surface area (Å²) in [6.07, 6.45) is 0. The first-order valence-corrected chi connectivity index (χ1v) is 7.57. The minimum absolute atomic E-state index is 0.167. The number of hydrogen-bond donors (Lipinski definition) is 1. The van der Waals surface area contributed by atoms with E-state index in [2.05, 4.69) is 56.2 Å². The lowest BCUT2D eigenvalue weighted by Crippen LogP contribution is -2.18. The van der Waals surface area contributed by atoms with Crippen LogP contribution in [0.2, 0.25) is 0 Å². The van der Waals surface area contributed by atoms with Crippen LogP contribution in [0, 0.1) is 5.82 Å². The van der Waals surface area contributed by atoms with E-state index in [1.54, 1.807) is 6.07 Å². The molecule has 1 unspecified atom stereocenters. The number of benzene rings is 2. The molecular weight excluding hydrogens is 373 g/mol. The highest BCUT2D eigenvalue weighted by Crippen LogP contribution is 2.21. The Labute approximate surface area is 129 Å². The normalized spacial score (nSPS) is 12.4. The Balaban J connectivity index is 1.98. The summed E-state index contributed by atoms with van der Waals surface area (Å²) in [6.45, 7) is 2.85. The predicted octanol–water partition coefficient (Wildman–Crippen LogP) is 5.20. The van der Waals surface area contributed by atoms with Gasteiger partial charge in [-0.1, -0.05) is 34.1 Å². The third kappa shape index (κ3) is 4.13. The predicted molar refractivity (Wildman–Crippen MR) is 83.5 cm³/mol. The van der Waals surface area contributed by atoms with Crippen LogP contribution in [0.1, 0.15) is 24.1 Å². The molecule has 0 spiro atoms. The molecular formula is C15H14Br2FN. The van der Waals surface area contributed by atoms with Crippen LogP contribution in [-0.4, -0.2) is 0 Å².